The van der Waals surface area contributed by atoms with Gasteiger partial charge in [0, 0.05) is 12.0 Å². The standard InChI is InChI=1S/C30H50O3/c1-18-10-13-30(17-31)15-14-28(6)20(24(30)19(18)2)8-9-23-27(5)16-21(32)25(33)26(3,4)22(27)11-12-29(23,28)7/h8,18-19,21-25,31-33H,9-17H2,1-7H3/t18-,19+,21-,22?,23-,24+,25+,27+,28?,29-,30-/m1/s1. The molecule has 11 atom stereocenters. The van der Waals surface area contributed by atoms with Gasteiger partial charge in [-0.2, -0.15) is 0 Å². The Morgan fingerprint density at radius 2 is 1.61 bits per heavy atom. The summed E-state index contributed by atoms with van der Waals surface area (Å²) in [6.07, 6.45) is 10.3. The van der Waals surface area contributed by atoms with Crippen LogP contribution in [0.15, 0.2) is 11.6 Å². The second-order valence-corrected chi connectivity index (χ2v) is 14.7. The van der Waals surface area contributed by atoms with E-state index >= 15 is 0 Å². The van der Waals surface area contributed by atoms with Gasteiger partial charge in [-0.25, -0.2) is 0 Å². The van der Waals surface area contributed by atoms with Gasteiger partial charge < -0.3 is 15.3 Å². The van der Waals surface area contributed by atoms with Gasteiger partial charge in [0.2, 0.25) is 0 Å². The van der Waals surface area contributed by atoms with Gasteiger partial charge in [-0.05, 0) is 103 Å². The molecule has 0 heterocycles. The fourth-order valence-corrected chi connectivity index (χ4v) is 11.0. The van der Waals surface area contributed by atoms with Crippen LogP contribution in [-0.2, 0) is 0 Å². The molecule has 4 saturated carbocycles. The number of aliphatic hydroxyl groups is 3. The predicted molar refractivity (Wildman–Crippen MR) is 133 cm³/mol. The molecule has 0 radical (unpaired) electrons. The summed E-state index contributed by atoms with van der Waals surface area (Å²) in [4.78, 5) is 0. The summed E-state index contributed by atoms with van der Waals surface area (Å²) in [7, 11) is 0. The minimum atomic E-state index is -0.630. The van der Waals surface area contributed by atoms with Crippen LogP contribution in [0.1, 0.15) is 99.8 Å². The zero-order valence-electron chi connectivity index (χ0n) is 22.3. The second-order valence-electron chi connectivity index (χ2n) is 14.7. The smallest absolute Gasteiger partial charge is 0.0852 e. The van der Waals surface area contributed by atoms with Gasteiger partial charge in [-0.1, -0.05) is 60.1 Å². The number of rotatable bonds is 1. The van der Waals surface area contributed by atoms with Crippen LogP contribution >= 0.6 is 0 Å². The topological polar surface area (TPSA) is 60.7 Å². The highest BCUT2D eigenvalue weighted by Gasteiger charge is 2.69. The maximum Gasteiger partial charge on any atom is 0.0852 e. The summed E-state index contributed by atoms with van der Waals surface area (Å²) in [6, 6.07) is 0. The molecule has 2 unspecified atom stereocenters. The number of hydrogen-bond donors (Lipinski definition) is 3. The van der Waals surface area contributed by atoms with E-state index in [0.29, 0.717) is 36.2 Å². The Kier molecular flexibility index (Phi) is 5.40. The van der Waals surface area contributed by atoms with Crippen molar-refractivity contribution in [3.8, 4) is 0 Å². The Morgan fingerprint density at radius 1 is 0.909 bits per heavy atom. The molecule has 0 aromatic carbocycles. The minimum absolute atomic E-state index is 0.0389. The normalized spacial score (nSPS) is 57.8. The van der Waals surface area contributed by atoms with Crippen molar-refractivity contribution < 1.29 is 15.3 Å². The van der Waals surface area contributed by atoms with Crippen molar-refractivity contribution in [1.82, 2.24) is 0 Å². The highest BCUT2D eigenvalue weighted by Crippen LogP contribution is 2.75. The van der Waals surface area contributed by atoms with E-state index in [1.807, 2.05) is 0 Å². The molecule has 188 valence electrons. The Morgan fingerprint density at radius 3 is 2.27 bits per heavy atom. The monoisotopic (exact) mass is 458 g/mol. The first kappa shape index (κ1) is 24.3. The molecule has 0 bridgehead atoms. The second kappa shape index (κ2) is 7.32. The third-order valence-electron chi connectivity index (χ3n) is 13.4. The third kappa shape index (κ3) is 2.85. The van der Waals surface area contributed by atoms with E-state index in [1.165, 1.54) is 25.7 Å². The molecule has 0 aromatic heterocycles. The Hall–Kier alpha value is -0.380. The Labute approximate surface area is 202 Å². The van der Waals surface area contributed by atoms with Crippen LogP contribution in [0.4, 0.5) is 0 Å². The lowest BCUT2D eigenvalue weighted by molar-refractivity contribution is -0.232. The van der Waals surface area contributed by atoms with Crippen molar-refractivity contribution in [3.63, 3.8) is 0 Å². The third-order valence-corrected chi connectivity index (χ3v) is 13.4. The highest BCUT2D eigenvalue weighted by atomic mass is 16.3. The number of allylic oxidation sites excluding steroid dienone is 2. The molecule has 3 heteroatoms. The SMILES string of the molecule is C[C@H]1[C@H](C)CC[C@]2(CO)CCC3(C)C(=CC[C@@H]4[C@@]5(C)C[C@@H](O)[C@H](O)C(C)(C)C5CC[C@]43C)[C@H]12. The molecule has 0 amide bonds. The van der Waals surface area contributed by atoms with E-state index in [1.54, 1.807) is 5.57 Å². The molecule has 5 rings (SSSR count). The number of hydrogen-bond acceptors (Lipinski definition) is 3. The van der Waals surface area contributed by atoms with Gasteiger partial charge in [0.25, 0.3) is 0 Å². The molecular formula is C30H50O3. The highest BCUT2D eigenvalue weighted by molar-refractivity contribution is 5.34. The Balaban J connectivity index is 1.60. The zero-order valence-corrected chi connectivity index (χ0v) is 22.3. The molecule has 3 nitrogen and oxygen atoms in total. The lowest BCUT2D eigenvalue weighted by atomic mass is 9.33. The zero-order chi connectivity index (χ0) is 24.2. The number of fused-ring (bicyclic) bond motifs is 7. The van der Waals surface area contributed by atoms with Crippen molar-refractivity contribution in [2.24, 2.45) is 56.7 Å². The average Bonchev–Trinajstić information content (AvgIpc) is 2.75. The Bertz CT molecular complexity index is 832. The van der Waals surface area contributed by atoms with E-state index in [-0.39, 0.29) is 27.1 Å². The fraction of sp³-hybridized carbons (Fsp3) is 0.933. The molecular weight excluding hydrogens is 408 g/mol. The summed E-state index contributed by atoms with van der Waals surface area (Å²) >= 11 is 0. The summed E-state index contributed by atoms with van der Waals surface area (Å²) in [5.74, 6) is 2.80. The maximum atomic E-state index is 11.0. The molecule has 0 saturated heterocycles. The van der Waals surface area contributed by atoms with Crippen molar-refractivity contribution in [2.45, 2.75) is 112 Å². The van der Waals surface area contributed by atoms with Gasteiger partial charge >= 0.3 is 0 Å². The quantitative estimate of drug-likeness (QED) is 0.424. The van der Waals surface area contributed by atoms with Crippen LogP contribution in [0.5, 0.6) is 0 Å². The van der Waals surface area contributed by atoms with Gasteiger partial charge in [-0.3, -0.25) is 0 Å². The lowest BCUT2D eigenvalue weighted by Crippen LogP contribution is -2.67. The van der Waals surface area contributed by atoms with E-state index in [0.717, 1.165) is 25.7 Å². The van der Waals surface area contributed by atoms with Crippen LogP contribution < -0.4 is 0 Å². The van der Waals surface area contributed by atoms with Crippen molar-refractivity contribution in [2.75, 3.05) is 6.61 Å². The van der Waals surface area contributed by atoms with Gasteiger partial charge in [-0.15, -0.1) is 0 Å². The van der Waals surface area contributed by atoms with Crippen molar-refractivity contribution in [3.05, 3.63) is 11.6 Å². The molecule has 4 fully saturated rings. The molecule has 5 aliphatic rings. The first-order valence-electron chi connectivity index (χ1n) is 14.0. The van der Waals surface area contributed by atoms with Gasteiger partial charge in [0.1, 0.15) is 0 Å². The van der Waals surface area contributed by atoms with Crippen LogP contribution in [0, 0.1) is 56.7 Å². The van der Waals surface area contributed by atoms with E-state index in [4.69, 9.17) is 0 Å². The van der Waals surface area contributed by atoms with Crippen LogP contribution in [-0.4, -0.2) is 34.1 Å². The van der Waals surface area contributed by atoms with Crippen LogP contribution in [0.25, 0.3) is 0 Å². The van der Waals surface area contributed by atoms with E-state index < -0.39 is 12.2 Å². The summed E-state index contributed by atoms with van der Waals surface area (Å²) < 4.78 is 0. The maximum absolute atomic E-state index is 11.0. The molecule has 0 aromatic rings. The van der Waals surface area contributed by atoms with Gasteiger partial charge in [0.15, 0.2) is 0 Å². The fourth-order valence-electron chi connectivity index (χ4n) is 11.0. The number of aliphatic hydroxyl groups excluding tert-OH is 3. The van der Waals surface area contributed by atoms with Gasteiger partial charge in [0.05, 0.1) is 12.2 Å². The predicted octanol–water partition coefficient (Wildman–Crippen LogP) is 5.97. The molecule has 0 spiro atoms. The van der Waals surface area contributed by atoms with Crippen LogP contribution in [0.2, 0.25) is 0 Å². The summed E-state index contributed by atoms with van der Waals surface area (Å²) in [5, 5.41) is 32.6. The average molecular weight is 459 g/mol. The molecule has 33 heavy (non-hydrogen) atoms. The molecule has 3 N–H and O–H groups in total. The first-order valence-corrected chi connectivity index (χ1v) is 14.0. The van der Waals surface area contributed by atoms with E-state index in [9.17, 15) is 15.3 Å². The molecule has 0 aliphatic heterocycles. The summed E-state index contributed by atoms with van der Waals surface area (Å²) in [5.41, 5.74) is 1.89. The first-order chi connectivity index (χ1) is 15.3. The minimum Gasteiger partial charge on any atom is -0.396 e. The van der Waals surface area contributed by atoms with E-state index in [2.05, 4.69) is 54.5 Å². The molecule has 5 aliphatic carbocycles. The van der Waals surface area contributed by atoms with Crippen LogP contribution in [0.3, 0.4) is 0 Å². The summed E-state index contributed by atoms with van der Waals surface area (Å²) in [6.45, 7) is 17.2. The largest absolute Gasteiger partial charge is 0.396 e. The lowest BCUT2D eigenvalue weighted by Gasteiger charge is -2.72. The van der Waals surface area contributed by atoms with Crippen molar-refractivity contribution in [1.29, 1.82) is 0 Å². The van der Waals surface area contributed by atoms with Crippen molar-refractivity contribution >= 4 is 0 Å².